The van der Waals surface area contributed by atoms with Crippen LogP contribution in [0.4, 0.5) is 0 Å². The summed E-state index contributed by atoms with van der Waals surface area (Å²) in [5, 5.41) is 2.92. The fourth-order valence-corrected chi connectivity index (χ4v) is 4.65. The van der Waals surface area contributed by atoms with Gasteiger partial charge >= 0.3 is 0 Å². The van der Waals surface area contributed by atoms with E-state index in [4.69, 9.17) is 21.0 Å². The Morgan fingerprint density at radius 2 is 1.53 bits per heavy atom. The molecule has 0 saturated heterocycles. The van der Waals surface area contributed by atoms with Crippen LogP contribution in [0, 0.1) is 0 Å². The maximum absolute atomic E-state index is 6.38. The average Bonchev–Trinajstić information content (AvgIpc) is 3.41. The number of rotatable bonds is 1. The van der Waals surface area contributed by atoms with E-state index in [1.54, 1.807) is 0 Å². The second kappa shape index (κ2) is 5.65. The highest BCUT2D eigenvalue weighted by Gasteiger charge is 2.18. The molecule has 4 nitrogen and oxygen atoms in total. The highest BCUT2D eigenvalue weighted by molar-refractivity contribution is 6.31. The van der Waals surface area contributed by atoms with Gasteiger partial charge in [-0.05, 0) is 48.5 Å². The third-order valence-corrected chi connectivity index (χ3v) is 6.02. The normalized spacial score (nSPS) is 12.2. The van der Waals surface area contributed by atoms with E-state index in [1.807, 2.05) is 48.5 Å². The fourth-order valence-electron chi connectivity index (χ4n) is 4.48. The molecule has 0 aliphatic rings. The van der Waals surface area contributed by atoms with Gasteiger partial charge in [-0.25, -0.2) is 4.98 Å². The molecule has 7 rings (SSSR count). The summed E-state index contributed by atoms with van der Waals surface area (Å²) in [5.41, 5.74) is 6.83. The van der Waals surface area contributed by atoms with Gasteiger partial charge in [0.05, 0.1) is 27.8 Å². The molecule has 142 valence electrons. The molecule has 0 aliphatic heterocycles. The van der Waals surface area contributed by atoms with Crippen LogP contribution >= 0.6 is 11.6 Å². The highest BCUT2D eigenvalue weighted by Crippen LogP contribution is 2.34. The average molecular weight is 408 g/mol. The van der Waals surface area contributed by atoms with Crippen molar-refractivity contribution in [2.45, 2.75) is 0 Å². The van der Waals surface area contributed by atoms with E-state index >= 15 is 0 Å². The summed E-state index contributed by atoms with van der Waals surface area (Å²) in [6.45, 7) is 0. The molecule has 0 aliphatic carbocycles. The van der Waals surface area contributed by atoms with Crippen molar-refractivity contribution in [2.24, 2.45) is 0 Å². The minimum atomic E-state index is 0.693. The second-order valence-electron chi connectivity index (χ2n) is 7.48. The summed E-state index contributed by atoms with van der Waals surface area (Å²) >= 11 is 6.38. The van der Waals surface area contributed by atoms with Crippen molar-refractivity contribution in [1.82, 2.24) is 14.0 Å². The predicted molar refractivity (Wildman–Crippen MR) is 122 cm³/mol. The molecule has 0 spiro atoms. The summed E-state index contributed by atoms with van der Waals surface area (Å²) in [4.78, 5) is 4.93. The van der Waals surface area contributed by atoms with E-state index in [9.17, 15) is 0 Å². The molecule has 0 bridgehead atoms. The van der Waals surface area contributed by atoms with Crippen LogP contribution in [0.2, 0.25) is 5.02 Å². The number of benzene rings is 4. The molecule has 0 N–H and O–H groups in total. The molecule has 0 unspecified atom stereocenters. The Bertz CT molecular complexity index is 1770. The lowest BCUT2D eigenvalue weighted by molar-refractivity contribution is 0.668. The molecule has 0 amide bonds. The summed E-state index contributed by atoms with van der Waals surface area (Å²) in [5.74, 6) is 0.851. The summed E-state index contributed by atoms with van der Waals surface area (Å²) in [6, 6.07) is 28.6. The number of imidazole rings is 2. The van der Waals surface area contributed by atoms with E-state index in [-0.39, 0.29) is 0 Å². The number of aromatic nitrogens is 3. The van der Waals surface area contributed by atoms with Crippen LogP contribution in [0.25, 0.3) is 55.5 Å². The van der Waals surface area contributed by atoms with Gasteiger partial charge in [0.1, 0.15) is 11.2 Å². The Labute approximate surface area is 175 Å². The molecular weight excluding hydrogens is 394 g/mol. The Morgan fingerprint density at radius 3 is 2.50 bits per heavy atom. The summed E-state index contributed by atoms with van der Waals surface area (Å²) in [7, 11) is 0. The van der Waals surface area contributed by atoms with Gasteiger partial charge in [-0.1, -0.05) is 41.9 Å². The Hall–Kier alpha value is -3.76. The largest absolute Gasteiger partial charge is 0.456 e. The van der Waals surface area contributed by atoms with Crippen molar-refractivity contribution in [2.75, 3.05) is 0 Å². The number of hydrogen-bond acceptors (Lipinski definition) is 2. The first-order valence-electron chi connectivity index (χ1n) is 9.77. The van der Waals surface area contributed by atoms with E-state index in [0.717, 1.165) is 55.5 Å². The summed E-state index contributed by atoms with van der Waals surface area (Å²) in [6.07, 6.45) is 0. The Balaban J connectivity index is 1.63. The van der Waals surface area contributed by atoms with Crippen molar-refractivity contribution >= 4 is 61.4 Å². The smallest absolute Gasteiger partial charge is 0.220 e. The van der Waals surface area contributed by atoms with Crippen molar-refractivity contribution < 1.29 is 4.42 Å². The molecule has 5 heteroatoms. The first kappa shape index (κ1) is 16.1. The lowest BCUT2D eigenvalue weighted by Gasteiger charge is -2.05. The van der Waals surface area contributed by atoms with Gasteiger partial charge in [-0.2, -0.15) is 0 Å². The maximum Gasteiger partial charge on any atom is 0.220 e. The zero-order valence-electron chi connectivity index (χ0n) is 15.7. The highest BCUT2D eigenvalue weighted by atomic mass is 35.5. The zero-order chi connectivity index (χ0) is 19.8. The molecule has 4 aromatic carbocycles. The van der Waals surface area contributed by atoms with Gasteiger partial charge in [-0.15, -0.1) is 0 Å². The van der Waals surface area contributed by atoms with E-state index in [2.05, 4.69) is 45.4 Å². The third-order valence-electron chi connectivity index (χ3n) is 5.78. The molecular formula is C25H14ClN3O. The van der Waals surface area contributed by atoms with Gasteiger partial charge in [-0.3, -0.25) is 8.97 Å². The van der Waals surface area contributed by atoms with E-state index in [0.29, 0.717) is 5.02 Å². The van der Waals surface area contributed by atoms with Crippen LogP contribution in [0.15, 0.2) is 89.3 Å². The van der Waals surface area contributed by atoms with Crippen molar-refractivity contribution in [3.8, 4) is 5.69 Å². The minimum Gasteiger partial charge on any atom is -0.456 e. The van der Waals surface area contributed by atoms with Crippen LogP contribution in [-0.2, 0) is 0 Å². The topological polar surface area (TPSA) is 35.4 Å². The number of halogens is 1. The van der Waals surface area contributed by atoms with Crippen LogP contribution < -0.4 is 0 Å². The Kier molecular flexibility index (Phi) is 3.03. The van der Waals surface area contributed by atoms with Crippen LogP contribution in [0.5, 0.6) is 0 Å². The molecule has 0 fully saturated rings. The molecule has 0 radical (unpaired) electrons. The van der Waals surface area contributed by atoms with Crippen molar-refractivity contribution in [3.05, 3.63) is 90.0 Å². The molecule has 3 heterocycles. The first-order valence-corrected chi connectivity index (χ1v) is 10.1. The molecule has 0 atom stereocenters. The molecule has 3 aromatic heterocycles. The summed E-state index contributed by atoms with van der Waals surface area (Å²) < 4.78 is 10.5. The SMILES string of the molecule is Clc1ccc2c(c1)n(-c1ccc3c(c1)oc1ccccc13)c1nc3ccccc3n21. The molecule has 7 aromatic rings. The van der Waals surface area contributed by atoms with Gasteiger partial charge in [0.25, 0.3) is 0 Å². The number of fused-ring (bicyclic) bond motifs is 8. The minimum absolute atomic E-state index is 0.693. The van der Waals surface area contributed by atoms with Crippen molar-refractivity contribution in [1.29, 1.82) is 0 Å². The zero-order valence-corrected chi connectivity index (χ0v) is 16.5. The van der Waals surface area contributed by atoms with Gasteiger partial charge in [0.15, 0.2) is 0 Å². The Morgan fingerprint density at radius 1 is 0.700 bits per heavy atom. The molecule has 0 saturated carbocycles. The lowest BCUT2D eigenvalue weighted by atomic mass is 10.1. The van der Waals surface area contributed by atoms with Crippen LogP contribution in [-0.4, -0.2) is 14.0 Å². The van der Waals surface area contributed by atoms with E-state index in [1.165, 1.54) is 0 Å². The lowest BCUT2D eigenvalue weighted by Crippen LogP contribution is -1.94. The monoisotopic (exact) mass is 407 g/mol. The first-order chi connectivity index (χ1) is 14.8. The standard InChI is InChI=1S/C25H14ClN3O/c26-15-9-12-21-22(13-15)28(25-27-19-6-2-3-7-20(19)29(21)25)16-10-11-18-17-5-1-4-8-23(17)30-24(18)14-16/h1-14H. The quantitative estimate of drug-likeness (QED) is 0.294. The van der Waals surface area contributed by atoms with Crippen LogP contribution in [0.1, 0.15) is 0 Å². The van der Waals surface area contributed by atoms with E-state index < -0.39 is 0 Å². The third kappa shape index (κ3) is 2.03. The maximum atomic E-state index is 6.38. The van der Waals surface area contributed by atoms with Gasteiger partial charge < -0.3 is 4.42 Å². The van der Waals surface area contributed by atoms with Crippen molar-refractivity contribution in [3.63, 3.8) is 0 Å². The number of para-hydroxylation sites is 3. The molecule has 30 heavy (non-hydrogen) atoms. The predicted octanol–water partition coefficient (Wildman–Crippen LogP) is 6.98. The number of nitrogens with zero attached hydrogens (tertiary/aromatic N) is 3. The fraction of sp³-hybridized carbons (Fsp3) is 0. The number of furan rings is 1. The number of hydrogen-bond donors (Lipinski definition) is 0. The second-order valence-corrected chi connectivity index (χ2v) is 7.92. The van der Waals surface area contributed by atoms with Crippen LogP contribution in [0.3, 0.4) is 0 Å². The van der Waals surface area contributed by atoms with Gasteiger partial charge in [0.2, 0.25) is 5.78 Å². The van der Waals surface area contributed by atoms with Gasteiger partial charge in [0, 0.05) is 21.9 Å².